The molecule has 1 aliphatic heterocycles. The third kappa shape index (κ3) is 5.50. The van der Waals surface area contributed by atoms with Crippen LogP contribution in [0.4, 0.5) is 5.69 Å². The van der Waals surface area contributed by atoms with Gasteiger partial charge < -0.3 is 14.8 Å². The number of carbonyl (C=O) groups is 1. The molecule has 0 aliphatic carbocycles. The third-order valence-electron chi connectivity index (χ3n) is 5.18. The molecule has 1 atom stereocenters. The molecule has 168 valence electrons. The van der Waals surface area contributed by atoms with Gasteiger partial charge in [0.15, 0.2) is 11.5 Å². The molecule has 1 amide bonds. The number of sulfonamides is 1. The van der Waals surface area contributed by atoms with Crippen molar-refractivity contribution >= 4 is 21.6 Å². The Kier molecular flexibility index (Phi) is 7.43. The lowest BCUT2D eigenvalue weighted by Gasteiger charge is -2.28. The van der Waals surface area contributed by atoms with Gasteiger partial charge in [0.25, 0.3) is 5.91 Å². The van der Waals surface area contributed by atoms with Crippen LogP contribution in [-0.4, -0.2) is 39.8 Å². The molecule has 2 aromatic rings. The van der Waals surface area contributed by atoms with Crippen molar-refractivity contribution in [3.8, 4) is 11.5 Å². The normalized spacial score (nSPS) is 16.4. The van der Waals surface area contributed by atoms with Crippen LogP contribution in [0.5, 0.6) is 11.5 Å². The van der Waals surface area contributed by atoms with E-state index in [-0.39, 0.29) is 17.7 Å². The summed E-state index contributed by atoms with van der Waals surface area (Å²) in [4.78, 5) is 12.7. The molecule has 8 heteroatoms. The van der Waals surface area contributed by atoms with Crippen molar-refractivity contribution < 1.29 is 22.7 Å². The maximum absolute atomic E-state index is 12.7. The van der Waals surface area contributed by atoms with Crippen molar-refractivity contribution in [3.05, 3.63) is 53.6 Å². The minimum Gasteiger partial charge on any atom is -0.490 e. The van der Waals surface area contributed by atoms with E-state index in [2.05, 4.69) is 5.32 Å². The van der Waals surface area contributed by atoms with E-state index in [0.29, 0.717) is 48.9 Å². The lowest BCUT2D eigenvalue weighted by Crippen LogP contribution is -2.37. The quantitative estimate of drug-likeness (QED) is 0.665. The van der Waals surface area contributed by atoms with E-state index < -0.39 is 10.0 Å². The molecule has 2 aromatic carbocycles. The SMILES string of the molecule is CCOc1ccc([C@@H](C)NC(=O)c2ccc(N3CCCCS3(=O)=O)cc2)cc1OCC. The molecular weight excluding hydrogens is 416 g/mol. The highest BCUT2D eigenvalue weighted by molar-refractivity contribution is 7.92. The van der Waals surface area contributed by atoms with Crippen molar-refractivity contribution in [2.75, 3.05) is 29.8 Å². The lowest BCUT2D eigenvalue weighted by molar-refractivity contribution is 0.0940. The second-order valence-electron chi connectivity index (χ2n) is 7.41. The summed E-state index contributed by atoms with van der Waals surface area (Å²) in [5.74, 6) is 1.26. The van der Waals surface area contributed by atoms with E-state index >= 15 is 0 Å². The first-order valence-electron chi connectivity index (χ1n) is 10.7. The fourth-order valence-electron chi connectivity index (χ4n) is 3.56. The van der Waals surface area contributed by atoms with Crippen LogP contribution in [0, 0.1) is 0 Å². The van der Waals surface area contributed by atoms with Gasteiger partial charge in [0, 0.05) is 12.1 Å². The topological polar surface area (TPSA) is 84.9 Å². The zero-order valence-corrected chi connectivity index (χ0v) is 19.1. The molecule has 1 fully saturated rings. The molecule has 1 saturated heterocycles. The van der Waals surface area contributed by atoms with Gasteiger partial charge in [0.05, 0.1) is 30.7 Å². The van der Waals surface area contributed by atoms with Crippen LogP contribution in [0.1, 0.15) is 55.6 Å². The Morgan fingerprint density at radius 1 is 1.03 bits per heavy atom. The number of ether oxygens (including phenoxy) is 2. The second-order valence-corrected chi connectivity index (χ2v) is 9.42. The number of rotatable bonds is 8. The van der Waals surface area contributed by atoms with E-state index in [1.807, 2.05) is 39.0 Å². The van der Waals surface area contributed by atoms with Gasteiger partial charge in [-0.3, -0.25) is 9.10 Å². The van der Waals surface area contributed by atoms with Crippen molar-refractivity contribution in [1.82, 2.24) is 5.32 Å². The number of nitrogens with one attached hydrogen (secondary N) is 1. The summed E-state index contributed by atoms with van der Waals surface area (Å²) >= 11 is 0. The predicted molar refractivity (Wildman–Crippen MR) is 121 cm³/mol. The van der Waals surface area contributed by atoms with Crippen molar-refractivity contribution in [2.24, 2.45) is 0 Å². The standard InChI is InChI=1S/C23H30N2O5S/c1-4-29-21-13-10-19(16-22(21)30-5-2)17(3)24-23(26)18-8-11-20(12-9-18)25-14-6-7-15-31(25,27)28/h8-13,16-17H,4-7,14-15H2,1-3H3,(H,24,26)/t17-/m1/s1. The number of hydrogen-bond donors (Lipinski definition) is 1. The summed E-state index contributed by atoms with van der Waals surface area (Å²) in [5, 5.41) is 2.98. The molecular formula is C23H30N2O5S. The molecule has 31 heavy (non-hydrogen) atoms. The van der Waals surface area contributed by atoms with Crippen LogP contribution in [0.15, 0.2) is 42.5 Å². The van der Waals surface area contributed by atoms with Crippen molar-refractivity contribution in [1.29, 1.82) is 0 Å². The van der Waals surface area contributed by atoms with Gasteiger partial charge in [-0.05, 0) is 75.6 Å². The van der Waals surface area contributed by atoms with Crippen LogP contribution < -0.4 is 19.1 Å². The summed E-state index contributed by atoms with van der Waals surface area (Å²) in [5.41, 5.74) is 1.97. The Morgan fingerprint density at radius 3 is 2.35 bits per heavy atom. The van der Waals surface area contributed by atoms with Crippen LogP contribution in [0.3, 0.4) is 0 Å². The Morgan fingerprint density at radius 2 is 1.71 bits per heavy atom. The van der Waals surface area contributed by atoms with Gasteiger partial charge in [-0.1, -0.05) is 6.07 Å². The first kappa shape index (κ1) is 22.9. The molecule has 0 radical (unpaired) electrons. The summed E-state index contributed by atoms with van der Waals surface area (Å²) < 4.78 is 37.2. The minimum absolute atomic E-state index is 0.165. The van der Waals surface area contributed by atoms with Gasteiger partial charge in [0.1, 0.15) is 0 Å². The van der Waals surface area contributed by atoms with E-state index in [9.17, 15) is 13.2 Å². The smallest absolute Gasteiger partial charge is 0.251 e. The molecule has 1 aliphatic rings. The van der Waals surface area contributed by atoms with Crippen LogP contribution >= 0.6 is 0 Å². The summed E-state index contributed by atoms with van der Waals surface area (Å²) in [7, 11) is -3.27. The monoisotopic (exact) mass is 446 g/mol. The third-order valence-corrected chi connectivity index (χ3v) is 7.05. The van der Waals surface area contributed by atoms with Crippen molar-refractivity contribution in [3.63, 3.8) is 0 Å². The Labute approximate surface area is 184 Å². The number of amides is 1. The molecule has 3 rings (SSSR count). The van der Waals surface area contributed by atoms with Gasteiger partial charge in [0.2, 0.25) is 10.0 Å². The molecule has 0 spiro atoms. The minimum atomic E-state index is -3.27. The molecule has 0 aromatic heterocycles. The first-order valence-corrected chi connectivity index (χ1v) is 12.3. The molecule has 0 bridgehead atoms. The molecule has 1 N–H and O–H groups in total. The van der Waals surface area contributed by atoms with Crippen LogP contribution in [0.2, 0.25) is 0 Å². The highest BCUT2D eigenvalue weighted by Gasteiger charge is 2.26. The summed E-state index contributed by atoms with van der Waals surface area (Å²) in [6.07, 6.45) is 1.53. The van der Waals surface area contributed by atoms with E-state index in [1.165, 1.54) is 4.31 Å². The largest absolute Gasteiger partial charge is 0.490 e. The van der Waals surface area contributed by atoms with Gasteiger partial charge in [-0.2, -0.15) is 0 Å². The average Bonchev–Trinajstić information content (AvgIpc) is 2.75. The number of hydrogen-bond acceptors (Lipinski definition) is 5. The summed E-state index contributed by atoms with van der Waals surface area (Å²) in [6.45, 7) is 7.26. The lowest BCUT2D eigenvalue weighted by atomic mass is 10.1. The first-order chi connectivity index (χ1) is 14.9. The Hall–Kier alpha value is -2.74. The predicted octanol–water partition coefficient (Wildman–Crippen LogP) is 3.91. The number of carbonyl (C=O) groups excluding carboxylic acids is 1. The highest BCUT2D eigenvalue weighted by atomic mass is 32.2. The van der Waals surface area contributed by atoms with Gasteiger partial charge in [-0.25, -0.2) is 8.42 Å². The zero-order chi connectivity index (χ0) is 22.4. The highest BCUT2D eigenvalue weighted by Crippen LogP contribution is 2.31. The van der Waals surface area contributed by atoms with E-state index in [4.69, 9.17) is 9.47 Å². The molecule has 0 unspecified atom stereocenters. The van der Waals surface area contributed by atoms with Crippen LogP contribution in [0.25, 0.3) is 0 Å². The van der Waals surface area contributed by atoms with E-state index in [0.717, 1.165) is 12.0 Å². The number of anilines is 1. The Balaban J connectivity index is 1.70. The molecule has 7 nitrogen and oxygen atoms in total. The second kappa shape index (κ2) is 10.0. The van der Waals surface area contributed by atoms with Crippen LogP contribution in [-0.2, 0) is 10.0 Å². The maximum atomic E-state index is 12.7. The van der Waals surface area contributed by atoms with Gasteiger partial charge >= 0.3 is 0 Å². The fourth-order valence-corrected chi connectivity index (χ4v) is 5.20. The molecule has 1 heterocycles. The fraction of sp³-hybridized carbons (Fsp3) is 0.435. The number of nitrogens with zero attached hydrogens (tertiary/aromatic N) is 1. The zero-order valence-electron chi connectivity index (χ0n) is 18.3. The molecule has 0 saturated carbocycles. The average molecular weight is 447 g/mol. The Bertz CT molecular complexity index is 1010. The number of benzene rings is 2. The summed E-state index contributed by atoms with van der Waals surface area (Å²) in [6, 6.07) is 12.1. The van der Waals surface area contributed by atoms with Crippen molar-refractivity contribution in [2.45, 2.75) is 39.7 Å². The maximum Gasteiger partial charge on any atom is 0.251 e. The van der Waals surface area contributed by atoms with Gasteiger partial charge in [-0.15, -0.1) is 0 Å². The van der Waals surface area contributed by atoms with E-state index in [1.54, 1.807) is 24.3 Å².